The molecule has 0 radical (unpaired) electrons. The summed E-state index contributed by atoms with van der Waals surface area (Å²) in [6.07, 6.45) is 1.13. The Hall–Kier alpha value is -1.42. The molecular formula is C12H19N2O2+. The van der Waals surface area contributed by atoms with Crippen LogP contribution in [0.5, 0.6) is 0 Å². The van der Waals surface area contributed by atoms with E-state index in [9.17, 15) is 4.91 Å². The van der Waals surface area contributed by atoms with Crippen molar-refractivity contribution in [2.45, 2.75) is 26.8 Å². The minimum absolute atomic E-state index is 0.113. The highest BCUT2D eigenvalue weighted by atomic mass is 16.6. The molecule has 1 aromatic carbocycles. The van der Waals surface area contributed by atoms with Gasteiger partial charge in [-0.25, -0.2) is 5.21 Å². The molecular weight excluding hydrogens is 204 g/mol. The normalized spacial score (nSPS) is 10.7. The van der Waals surface area contributed by atoms with Gasteiger partial charge in [-0.15, -0.1) is 0 Å². The van der Waals surface area contributed by atoms with Crippen molar-refractivity contribution in [3.8, 4) is 0 Å². The molecule has 0 spiro atoms. The fourth-order valence-electron chi connectivity index (χ4n) is 1.41. The fraction of sp³-hybridized carbons (Fsp3) is 0.500. The highest BCUT2D eigenvalue weighted by molar-refractivity contribution is 5.33. The molecule has 16 heavy (non-hydrogen) atoms. The van der Waals surface area contributed by atoms with Crippen LogP contribution in [0.15, 0.2) is 24.3 Å². The minimum Gasteiger partial charge on any atom is -0.313 e. The van der Waals surface area contributed by atoms with Gasteiger partial charge in [0.05, 0.1) is 4.91 Å². The maximum atomic E-state index is 10.7. The summed E-state index contributed by atoms with van der Waals surface area (Å²) in [7, 11) is 0. The lowest BCUT2D eigenvalue weighted by Gasteiger charge is -2.06. The van der Waals surface area contributed by atoms with Gasteiger partial charge >= 0.3 is 5.69 Å². The van der Waals surface area contributed by atoms with Gasteiger partial charge in [-0.1, -0.05) is 26.0 Å². The van der Waals surface area contributed by atoms with Crippen LogP contribution in [0, 0.1) is 10.8 Å². The van der Waals surface area contributed by atoms with Crippen molar-refractivity contribution in [2.24, 2.45) is 5.92 Å². The molecule has 1 aromatic rings. The average molecular weight is 223 g/mol. The predicted molar refractivity (Wildman–Crippen MR) is 62.7 cm³/mol. The van der Waals surface area contributed by atoms with E-state index in [-0.39, 0.29) is 10.6 Å². The first-order chi connectivity index (χ1) is 7.59. The smallest absolute Gasteiger partial charge is 0.313 e. The Labute approximate surface area is 95.8 Å². The van der Waals surface area contributed by atoms with Crippen LogP contribution in [0.4, 0.5) is 5.69 Å². The first-order valence-electron chi connectivity index (χ1n) is 5.55. The summed E-state index contributed by atoms with van der Waals surface area (Å²) in [6.45, 7) is 6.04. The highest BCUT2D eigenvalue weighted by Crippen LogP contribution is 2.12. The van der Waals surface area contributed by atoms with E-state index < -0.39 is 0 Å². The van der Waals surface area contributed by atoms with E-state index in [1.54, 1.807) is 18.2 Å². The lowest BCUT2D eigenvalue weighted by molar-refractivity contribution is -0.729. The van der Waals surface area contributed by atoms with E-state index in [1.807, 2.05) is 6.07 Å². The van der Waals surface area contributed by atoms with Crippen molar-refractivity contribution >= 4 is 5.69 Å². The average Bonchev–Trinajstić information content (AvgIpc) is 2.24. The third-order valence-corrected chi connectivity index (χ3v) is 2.36. The fourth-order valence-corrected chi connectivity index (χ4v) is 1.41. The van der Waals surface area contributed by atoms with Crippen LogP contribution in [0.1, 0.15) is 25.8 Å². The maximum absolute atomic E-state index is 10.7. The first kappa shape index (κ1) is 12.6. The monoisotopic (exact) mass is 223 g/mol. The molecule has 0 amide bonds. The number of rotatable bonds is 6. The molecule has 2 N–H and O–H groups in total. The Morgan fingerprint density at radius 2 is 2.19 bits per heavy atom. The molecule has 0 aliphatic carbocycles. The van der Waals surface area contributed by atoms with Crippen LogP contribution in [0.2, 0.25) is 0 Å². The maximum Gasteiger partial charge on any atom is 0.316 e. The summed E-state index contributed by atoms with van der Waals surface area (Å²) >= 11 is 0. The quantitative estimate of drug-likeness (QED) is 0.575. The molecule has 0 fully saturated rings. The van der Waals surface area contributed by atoms with E-state index in [4.69, 9.17) is 5.21 Å². The lowest BCUT2D eigenvalue weighted by Crippen LogP contribution is -2.16. The van der Waals surface area contributed by atoms with Crippen LogP contribution in [0.3, 0.4) is 0 Å². The first-order valence-corrected chi connectivity index (χ1v) is 5.55. The van der Waals surface area contributed by atoms with E-state index in [2.05, 4.69) is 19.2 Å². The Morgan fingerprint density at radius 3 is 2.81 bits per heavy atom. The summed E-state index contributed by atoms with van der Waals surface area (Å²) in [5.41, 5.74) is 1.26. The molecule has 0 saturated carbocycles. The van der Waals surface area contributed by atoms with Crippen LogP contribution in [0.25, 0.3) is 0 Å². The van der Waals surface area contributed by atoms with Crippen LogP contribution >= 0.6 is 0 Å². The van der Waals surface area contributed by atoms with Gasteiger partial charge in [-0.2, -0.15) is 0 Å². The van der Waals surface area contributed by atoms with Gasteiger partial charge in [-0.05, 0) is 24.4 Å². The van der Waals surface area contributed by atoms with Crippen LogP contribution in [-0.4, -0.2) is 16.7 Å². The molecule has 88 valence electrons. The molecule has 0 aliphatic rings. The van der Waals surface area contributed by atoms with Gasteiger partial charge in [-0.3, -0.25) is 0 Å². The number of hydrogen-bond acceptors (Lipinski definition) is 2. The van der Waals surface area contributed by atoms with Crippen LogP contribution in [-0.2, 0) is 6.54 Å². The summed E-state index contributed by atoms with van der Waals surface area (Å²) in [5.74, 6) is 0.688. The third kappa shape index (κ3) is 4.40. The molecule has 0 atom stereocenters. The summed E-state index contributed by atoms with van der Waals surface area (Å²) in [4.78, 5) is 10.6. The molecule has 0 bridgehead atoms. The van der Waals surface area contributed by atoms with Gasteiger partial charge in [0.1, 0.15) is 0 Å². The van der Waals surface area contributed by atoms with Crippen molar-refractivity contribution < 1.29 is 10.1 Å². The molecule has 4 nitrogen and oxygen atoms in total. The topological polar surface area (TPSA) is 52.3 Å². The Morgan fingerprint density at radius 1 is 1.44 bits per heavy atom. The van der Waals surface area contributed by atoms with Crippen molar-refractivity contribution in [3.05, 3.63) is 34.7 Å². The zero-order valence-corrected chi connectivity index (χ0v) is 9.81. The SMILES string of the molecule is CC(C)CCNCc1cccc([N+](=O)O)c1. The molecule has 0 saturated heterocycles. The van der Waals surface area contributed by atoms with Crippen molar-refractivity contribution in [1.29, 1.82) is 0 Å². The van der Waals surface area contributed by atoms with Gasteiger partial charge in [0, 0.05) is 18.7 Å². The van der Waals surface area contributed by atoms with E-state index >= 15 is 0 Å². The number of nitrogens with one attached hydrogen (secondary N) is 1. The van der Waals surface area contributed by atoms with Gasteiger partial charge in [0.2, 0.25) is 0 Å². The number of nitrogens with zero attached hydrogens (tertiary/aromatic N) is 1. The minimum atomic E-state index is -0.113. The van der Waals surface area contributed by atoms with Crippen LogP contribution < -0.4 is 5.32 Å². The molecule has 1 rings (SSSR count). The standard InChI is InChI=1S/C12H19N2O2/c1-10(2)6-7-13-9-11-4-3-5-12(8-11)14(15)16/h3-5,8,10,13H,6-7,9H2,1-2H3,(H,15,16)/q+1. The zero-order valence-electron chi connectivity index (χ0n) is 9.81. The molecule has 0 aromatic heterocycles. The Bertz CT molecular complexity index is 351. The third-order valence-electron chi connectivity index (χ3n) is 2.36. The van der Waals surface area contributed by atoms with Gasteiger partial charge in [0.25, 0.3) is 4.92 Å². The summed E-state index contributed by atoms with van der Waals surface area (Å²) in [6, 6.07) is 6.94. The van der Waals surface area contributed by atoms with Crippen molar-refractivity contribution in [2.75, 3.05) is 6.54 Å². The van der Waals surface area contributed by atoms with E-state index in [0.29, 0.717) is 12.5 Å². The summed E-state index contributed by atoms with van der Waals surface area (Å²) < 4.78 is 0. The molecule has 4 heteroatoms. The Kier molecular flexibility index (Phi) is 4.92. The number of benzene rings is 1. The highest BCUT2D eigenvalue weighted by Gasteiger charge is 2.10. The second-order valence-electron chi connectivity index (χ2n) is 4.30. The van der Waals surface area contributed by atoms with E-state index in [0.717, 1.165) is 18.5 Å². The van der Waals surface area contributed by atoms with Gasteiger partial charge < -0.3 is 5.32 Å². The van der Waals surface area contributed by atoms with Crippen molar-refractivity contribution in [1.82, 2.24) is 5.32 Å². The molecule has 0 unspecified atom stereocenters. The predicted octanol–water partition coefficient (Wildman–Crippen LogP) is 2.62. The second kappa shape index (κ2) is 6.23. The summed E-state index contributed by atoms with van der Waals surface area (Å²) in [5, 5.41) is 12.0. The molecule has 0 aliphatic heterocycles. The van der Waals surface area contributed by atoms with Gasteiger partial charge in [0.15, 0.2) is 0 Å². The largest absolute Gasteiger partial charge is 0.316 e. The van der Waals surface area contributed by atoms with E-state index in [1.165, 1.54) is 0 Å². The number of hydrogen-bond donors (Lipinski definition) is 2. The van der Waals surface area contributed by atoms with Crippen molar-refractivity contribution in [3.63, 3.8) is 0 Å². The molecule has 0 heterocycles. The second-order valence-corrected chi connectivity index (χ2v) is 4.30. The Balaban J connectivity index is 2.42. The zero-order chi connectivity index (χ0) is 12.0. The lowest BCUT2D eigenvalue weighted by atomic mass is 10.1.